The number of anilines is 1. The molecule has 0 spiro atoms. The van der Waals surface area contributed by atoms with Crippen molar-refractivity contribution in [3.8, 4) is 0 Å². The van der Waals surface area contributed by atoms with Crippen LogP contribution in [0.5, 0.6) is 0 Å². The average Bonchev–Trinajstić information content (AvgIpc) is 2.33. The molecule has 0 aliphatic heterocycles. The van der Waals surface area contributed by atoms with Crippen LogP contribution in [-0.4, -0.2) is 24.5 Å². The number of aryl methyl sites for hydroxylation is 1. The minimum absolute atomic E-state index is 0.0846. The van der Waals surface area contributed by atoms with E-state index in [1.807, 2.05) is 26.8 Å². The lowest BCUT2D eigenvalue weighted by molar-refractivity contribution is -0.121. The van der Waals surface area contributed by atoms with Gasteiger partial charge >= 0.3 is 6.03 Å². The molecule has 0 radical (unpaired) electrons. The van der Waals surface area contributed by atoms with E-state index in [1.54, 1.807) is 12.1 Å². The van der Waals surface area contributed by atoms with Gasteiger partial charge in [-0.2, -0.15) is 0 Å². The maximum absolute atomic E-state index is 11.6. The molecule has 3 N–H and O–H groups in total. The van der Waals surface area contributed by atoms with Crippen molar-refractivity contribution in [3.05, 3.63) is 28.8 Å². The molecule has 0 aliphatic rings. The zero-order valence-electron chi connectivity index (χ0n) is 11.9. The molecule has 3 amide bonds. The van der Waals surface area contributed by atoms with Gasteiger partial charge in [-0.25, -0.2) is 4.79 Å². The van der Waals surface area contributed by atoms with E-state index in [4.69, 9.17) is 11.6 Å². The SMILES string of the molecule is Cc1ccc(NC(=O)NCCC(=O)NC(C)C)cc1Cl. The zero-order chi connectivity index (χ0) is 15.1. The Morgan fingerprint density at radius 1 is 1.30 bits per heavy atom. The molecule has 0 fully saturated rings. The van der Waals surface area contributed by atoms with Crippen LogP contribution in [0.25, 0.3) is 0 Å². The van der Waals surface area contributed by atoms with E-state index < -0.39 is 0 Å². The second kappa shape index (κ2) is 7.75. The van der Waals surface area contributed by atoms with Crippen LogP contribution in [0, 0.1) is 6.92 Å². The molecular weight excluding hydrogens is 278 g/mol. The van der Waals surface area contributed by atoms with Crippen molar-refractivity contribution < 1.29 is 9.59 Å². The highest BCUT2D eigenvalue weighted by Gasteiger charge is 2.06. The summed E-state index contributed by atoms with van der Waals surface area (Å²) in [4.78, 5) is 23.0. The van der Waals surface area contributed by atoms with Gasteiger partial charge in [0.25, 0.3) is 0 Å². The normalized spacial score (nSPS) is 10.2. The van der Waals surface area contributed by atoms with Crippen LogP contribution in [0.4, 0.5) is 10.5 Å². The molecule has 20 heavy (non-hydrogen) atoms. The molecule has 1 rings (SSSR count). The number of carbonyl (C=O) groups is 2. The van der Waals surface area contributed by atoms with Gasteiger partial charge in [-0.3, -0.25) is 4.79 Å². The summed E-state index contributed by atoms with van der Waals surface area (Å²) < 4.78 is 0. The lowest BCUT2D eigenvalue weighted by Gasteiger charge is -2.10. The molecule has 0 saturated carbocycles. The van der Waals surface area contributed by atoms with Gasteiger partial charge in [0.1, 0.15) is 0 Å². The van der Waals surface area contributed by atoms with Gasteiger partial charge < -0.3 is 16.0 Å². The lowest BCUT2D eigenvalue weighted by atomic mass is 10.2. The first kappa shape index (κ1) is 16.3. The van der Waals surface area contributed by atoms with E-state index >= 15 is 0 Å². The number of benzene rings is 1. The molecule has 0 aromatic heterocycles. The number of carbonyl (C=O) groups excluding carboxylic acids is 2. The van der Waals surface area contributed by atoms with Gasteiger partial charge in [0, 0.05) is 29.7 Å². The van der Waals surface area contributed by atoms with Gasteiger partial charge in [0.2, 0.25) is 5.91 Å². The summed E-state index contributed by atoms with van der Waals surface area (Å²) in [5, 5.41) is 8.62. The van der Waals surface area contributed by atoms with Crippen molar-refractivity contribution in [2.75, 3.05) is 11.9 Å². The van der Waals surface area contributed by atoms with E-state index in [9.17, 15) is 9.59 Å². The maximum Gasteiger partial charge on any atom is 0.319 e. The van der Waals surface area contributed by atoms with Crippen LogP contribution in [0.2, 0.25) is 5.02 Å². The Kier molecular flexibility index (Phi) is 6.31. The molecule has 6 heteroatoms. The Morgan fingerprint density at radius 2 is 2.00 bits per heavy atom. The molecule has 1 aromatic rings. The lowest BCUT2D eigenvalue weighted by Crippen LogP contribution is -2.35. The number of amides is 3. The highest BCUT2D eigenvalue weighted by atomic mass is 35.5. The molecule has 110 valence electrons. The van der Waals surface area contributed by atoms with E-state index in [0.717, 1.165) is 5.56 Å². The zero-order valence-corrected chi connectivity index (χ0v) is 12.7. The molecule has 0 saturated heterocycles. The number of hydrogen-bond donors (Lipinski definition) is 3. The highest BCUT2D eigenvalue weighted by Crippen LogP contribution is 2.19. The molecule has 5 nitrogen and oxygen atoms in total. The molecule has 0 heterocycles. The van der Waals surface area contributed by atoms with Crippen LogP contribution >= 0.6 is 11.6 Å². The smallest absolute Gasteiger partial charge is 0.319 e. The Bertz CT molecular complexity index is 489. The van der Waals surface area contributed by atoms with Crippen LogP contribution in [0.15, 0.2) is 18.2 Å². The van der Waals surface area contributed by atoms with Crippen LogP contribution < -0.4 is 16.0 Å². The van der Waals surface area contributed by atoms with Crippen LogP contribution in [-0.2, 0) is 4.79 Å². The van der Waals surface area contributed by atoms with Crippen molar-refractivity contribution in [1.82, 2.24) is 10.6 Å². The Hall–Kier alpha value is -1.75. The molecule has 1 aromatic carbocycles. The van der Waals surface area contributed by atoms with Gasteiger partial charge in [-0.1, -0.05) is 17.7 Å². The molecule has 0 atom stereocenters. The predicted octanol–water partition coefficient (Wildman–Crippen LogP) is 2.68. The first-order valence-corrected chi connectivity index (χ1v) is 6.86. The first-order chi connectivity index (χ1) is 9.38. The summed E-state index contributed by atoms with van der Waals surface area (Å²) in [7, 11) is 0. The third kappa shape index (κ3) is 5.93. The predicted molar refractivity (Wildman–Crippen MR) is 81.1 cm³/mol. The number of rotatable bonds is 5. The van der Waals surface area contributed by atoms with Gasteiger partial charge in [-0.15, -0.1) is 0 Å². The number of hydrogen-bond acceptors (Lipinski definition) is 2. The quantitative estimate of drug-likeness (QED) is 0.782. The fraction of sp³-hybridized carbons (Fsp3) is 0.429. The fourth-order valence-corrected chi connectivity index (χ4v) is 1.71. The summed E-state index contributed by atoms with van der Waals surface area (Å²) >= 11 is 5.97. The molecule has 0 aliphatic carbocycles. The summed E-state index contributed by atoms with van der Waals surface area (Å²) in [6.07, 6.45) is 0.250. The van der Waals surface area contributed by atoms with Crippen molar-refractivity contribution in [1.29, 1.82) is 0 Å². The topological polar surface area (TPSA) is 70.2 Å². The minimum Gasteiger partial charge on any atom is -0.354 e. The number of urea groups is 1. The first-order valence-electron chi connectivity index (χ1n) is 6.49. The van der Waals surface area contributed by atoms with Crippen molar-refractivity contribution >= 4 is 29.2 Å². The highest BCUT2D eigenvalue weighted by molar-refractivity contribution is 6.31. The average molecular weight is 298 g/mol. The molecule has 0 unspecified atom stereocenters. The summed E-state index contributed by atoms with van der Waals surface area (Å²) in [5.74, 6) is -0.0846. The monoisotopic (exact) mass is 297 g/mol. The van der Waals surface area contributed by atoms with Gasteiger partial charge in [0.15, 0.2) is 0 Å². The second-order valence-electron chi connectivity index (χ2n) is 4.82. The Balaban J connectivity index is 2.33. The number of nitrogens with one attached hydrogen (secondary N) is 3. The fourth-order valence-electron chi connectivity index (χ4n) is 1.53. The van der Waals surface area contributed by atoms with Gasteiger partial charge in [0.05, 0.1) is 0 Å². The molecular formula is C14H20ClN3O2. The van der Waals surface area contributed by atoms with Crippen LogP contribution in [0.1, 0.15) is 25.8 Å². The third-order valence-corrected chi connectivity index (χ3v) is 2.92. The van der Waals surface area contributed by atoms with Crippen molar-refractivity contribution in [3.63, 3.8) is 0 Å². The van der Waals surface area contributed by atoms with Crippen LogP contribution in [0.3, 0.4) is 0 Å². The van der Waals surface area contributed by atoms with E-state index in [0.29, 0.717) is 10.7 Å². The summed E-state index contributed by atoms with van der Waals surface area (Å²) in [6, 6.07) is 5.02. The largest absolute Gasteiger partial charge is 0.354 e. The Morgan fingerprint density at radius 3 is 2.60 bits per heavy atom. The second-order valence-corrected chi connectivity index (χ2v) is 5.22. The van der Waals surface area contributed by atoms with E-state index in [1.165, 1.54) is 0 Å². The maximum atomic E-state index is 11.6. The third-order valence-electron chi connectivity index (χ3n) is 2.52. The minimum atomic E-state index is -0.359. The Labute approximate surface area is 124 Å². The van der Waals surface area contributed by atoms with Crippen molar-refractivity contribution in [2.24, 2.45) is 0 Å². The standard InChI is InChI=1S/C14H20ClN3O2/c1-9(2)17-13(19)6-7-16-14(20)18-11-5-4-10(3)12(15)8-11/h4-5,8-9H,6-7H2,1-3H3,(H,17,19)(H2,16,18,20). The van der Waals surface area contributed by atoms with E-state index in [-0.39, 0.29) is 30.9 Å². The van der Waals surface area contributed by atoms with Gasteiger partial charge in [-0.05, 0) is 38.5 Å². The molecule has 0 bridgehead atoms. The van der Waals surface area contributed by atoms with E-state index in [2.05, 4.69) is 16.0 Å². The summed E-state index contributed by atoms with van der Waals surface area (Å²) in [6.45, 7) is 5.95. The van der Waals surface area contributed by atoms with Crippen molar-refractivity contribution in [2.45, 2.75) is 33.2 Å². The number of halogens is 1. The summed E-state index contributed by atoms with van der Waals surface area (Å²) in [5.41, 5.74) is 1.56.